The molecule has 1 fully saturated rings. The van der Waals surface area contributed by atoms with Crippen molar-refractivity contribution in [2.45, 2.75) is 24.4 Å². The molecule has 0 bridgehead atoms. The number of hydrogen-bond donors (Lipinski definition) is 1. The second-order valence-corrected chi connectivity index (χ2v) is 7.50. The van der Waals surface area contributed by atoms with Gasteiger partial charge in [0.05, 0.1) is 19.3 Å². The summed E-state index contributed by atoms with van der Waals surface area (Å²) in [6.45, 7) is 4.12. The highest BCUT2D eigenvalue weighted by Crippen LogP contribution is 2.33. The molecule has 2 aromatic rings. The van der Waals surface area contributed by atoms with Crippen molar-refractivity contribution in [2.24, 2.45) is 0 Å². The number of hydrogen-bond acceptors (Lipinski definition) is 5. The summed E-state index contributed by atoms with van der Waals surface area (Å²) in [7, 11) is -2.02. The highest BCUT2D eigenvalue weighted by molar-refractivity contribution is 7.89. The van der Waals surface area contributed by atoms with E-state index in [4.69, 9.17) is 4.74 Å². The first-order valence-corrected chi connectivity index (χ1v) is 9.40. The fourth-order valence-corrected chi connectivity index (χ4v) is 4.53. The zero-order valence-corrected chi connectivity index (χ0v) is 14.7. The van der Waals surface area contributed by atoms with Crippen molar-refractivity contribution < 1.29 is 13.2 Å². The molecule has 7 nitrogen and oxygen atoms in total. The van der Waals surface area contributed by atoms with Gasteiger partial charge < -0.3 is 10.1 Å². The number of aryl methyl sites for hydroxylation is 1. The van der Waals surface area contributed by atoms with Gasteiger partial charge in [0, 0.05) is 37.9 Å². The quantitative estimate of drug-likeness (QED) is 0.878. The lowest BCUT2D eigenvalue weighted by atomic mass is 10.0. The Kier molecular flexibility index (Phi) is 4.88. The monoisotopic (exact) mass is 350 g/mol. The van der Waals surface area contributed by atoms with Gasteiger partial charge >= 0.3 is 0 Å². The first-order valence-electron chi connectivity index (χ1n) is 7.96. The fourth-order valence-electron chi connectivity index (χ4n) is 2.97. The molecule has 3 rings (SSSR count). The highest BCUT2D eigenvalue weighted by atomic mass is 32.2. The van der Waals surface area contributed by atoms with Crippen molar-refractivity contribution in [1.82, 2.24) is 19.4 Å². The number of aromatic nitrogens is 2. The highest BCUT2D eigenvalue weighted by Gasteiger charge is 2.36. The smallest absolute Gasteiger partial charge is 0.246 e. The van der Waals surface area contributed by atoms with Crippen LogP contribution in [0.25, 0.3) is 0 Å². The van der Waals surface area contributed by atoms with Crippen LogP contribution in [0, 0.1) is 0 Å². The number of sulfonamides is 1. The van der Waals surface area contributed by atoms with Gasteiger partial charge in [-0.15, -0.1) is 0 Å². The Hall–Kier alpha value is -1.90. The molecule has 0 spiro atoms. The Morgan fingerprint density at radius 3 is 2.88 bits per heavy atom. The maximum absolute atomic E-state index is 13.1. The normalized spacial score (nSPS) is 19.3. The summed E-state index contributed by atoms with van der Waals surface area (Å²) in [4.78, 5) is 0.228. The zero-order valence-electron chi connectivity index (χ0n) is 13.8. The second kappa shape index (κ2) is 6.92. The zero-order chi connectivity index (χ0) is 17.2. The molecule has 1 saturated heterocycles. The summed E-state index contributed by atoms with van der Waals surface area (Å²) >= 11 is 0. The Bertz CT molecular complexity index is 803. The van der Waals surface area contributed by atoms with Gasteiger partial charge in [0.1, 0.15) is 10.6 Å². The average Bonchev–Trinajstić information content (AvgIpc) is 3.12. The second-order valence-electron chi connectivity index (χ2n) is 5.61. The molecule has 0 radical (unpaired) electrons. The molecule has 1 aromatic carbocycles. The molecule has 1 aliphatic heterocycles. The number of benzene rings is 1. The van der Waals surface area contributed by atoms with E-state index < -0.39 is 10.0 Å². The first kappa shape index (κ1) is 16.9. The number of para-hydroxylation sites is 1. The number of nitrogens with zero attached hydrogens (tertiary/aromatic N) is 3. The lowest BCUT2D eigenvalue weighted by molar-refractivity contribution is 0.264. The van der Waals surface area contributed by atoms with Crippen LogP contribution in [0.3, 0.4) is 0 Å². The van der Waals surface area contributed by atoms with Crippen molar-refractivity contribution in [1.29, 1.82) is 0 Å². The van der Waals surface area contributed by atoms with Gasteiger partial charge in [-0.25, -0.2) is 8.42 Å². The SMILES string of the molecule is CCn1cc(S(=O)(=O)N2CCNCC2c2ccccc2OC)cn1. The maximum atomic E-state index is 13.1. The van der Waals surface area contributed by atoms with E-state index in [1.54, 1.807) is 22.3 Å². The van der Waals surface area contributed by atoms with Crippen LogP contribution >= 0.6 is 0 Å². The summed E-state index contributed by atoms with van der Waals surface area (Å²) in [6, 6.07) is 7.22. The topological polar surface area (TPSA) is 76.5 Å². The third kappa shape index (κ3) is 3.04. The van der Waals surface area contributed by atoms with Crippen molar-refractivity contribution in [3.8, 4) is 5.75 Å². The number of rotatable bonds is 5. The molecule has 24 heavy (non-hydrogen) atoms. The Labute approximate surface area is 142 Å². The molecule has 130 valence electrons. The Balaban J connectivity index is 2.00. The van der Waals surface area contributed by atoms with Gasteiger partial charge in [-0.1, -0.05) is 18.2 Å². The van der Waals surface area contributed by atoms with Crippen LogP contribution < -0.4 is 10.1 Å². The minimum absolute atomic E-state index is 0.228. The van der Waals surface area contributed by atoms with Crippen LogP contribution in [0.4, 0.5) is 0 Å². The molecule has 8 heteroatoms. The average molecular weight is 350 g/mol. The van der Waals surface area contributed by atoms with Crippen molar-refractivity contribution in [3.05, 3.63) is 42.2 Å². The summed E-state index contributed by atoms with van der Waals surface area (Å²) in [5.41, 5.74) is 0.860. The molecule has 2 heterocycles. The summed E-state index contributed by atoms with van der Waals surface area (Å²) < 4.78 is 34.8. The number of ether oxygens (including phenoxy) is 1. The lowest BCUT2D eigenvalue weighted by Crippen LogP contribution is -2.48. The molecule has 1 N–H and O–H groups in total. The third-order valence-corrected chi connectivity index (χ3v) is 6.09. The van der Waals surface area contributed by atoms with Gasteiger partial charge in [0.25, 0.3) is 0 Å². The van der Waals surface area contributed by atoms with Crippen molar-refractivity contribution in [3.63, 3.8) is 0 Å². The molecule has 0 saturated carbocycles. The minimum Gasteiger partial charge on any atom is -0.496 e. The van der Waals surface area contributed by atoms with E-state index in [0.29, 0.717) is 31.9 Å². The molecule has 0 aliphatic carbocycles. The van der Waals surface area contributed by atoms with Crippen LogP contribution in [0.1, 0.15) is 18.5 Å². The van der Waals surface area contributed by atoms with E-state index in [1.165, 1.54) is 6.20 Å². The van der Waals surface area contributed by atoms with E-state index in [0.717, 1.165) is 5.56 Å². The molecular formula is C16H22N4O3S. The van der Waals surface area contributed by atoms with Gasteiger partial charge in [0.15, 0.2) is 0 Å². The maximum Gasteiger partial charge on any atom is 0.246 e. The molecule has 1 unspecified atom stereocenters. The largest absolute Gasteiger partial charge is 0.496 e. The van der Waals surface area contributed by atoms with E-state index >= 15 is 0 Å². The summed E-state index contributed by atoms with van der Waals surface area (Å²) in [6.07, 6.45) is 3.00. The van der Waals surface area contributed by atoms with E-state index in [-0.39, 0.29) is 10.9 Å². The third-order valence-electron chi connectivity index (χ3n) is 4.23. The van der Waals surface area contributed by atoms with Gasteiger partial charge in [-0.2, -0.15) is 9.40 Å². The molecular weight excluding hydrogens is 328 g/mol. The van der Waals surface area contributed by atoms with Gasteiger partial charge in [0.2, 0.25) is 10.0 Å². The molecule has 0 amide bonds. The minimum atomic E-state index is -3.62. The summed E-state index contributed by atoms with van der Waals surface area (Å²) in [5, 5.41) is 7.37. The predicted octanol–water partition coefficient (Wildman–Crippen LogP) is 1.25. The van der Waals surface area contributed by atoms with Crippen LogP contribution in [0.2, 0.25) is 0 Å². The molecule has 1 aromatic heterocycles. The van der Waals surface area contributed by atoms with Crippen LogP contribution in [0.5, 0.6) is 5.75 Å². The molecule has 1 atom stereocenters. The molecule has 1 aliphatic rings. The van der Waals surface area contributed by atoms with E-state index in [2.05, 4.69) is 10.4 Å². The Morgan fingerprint density at radius 1 is 1.38 bits per heavy atom. The van der Waals surface area contributed by atoms with E-state index in [9.17, 15) is 8.42 Å². The standard InChI is InChI=1S/C16H22N4O3S/c1-3-19-12-13(10-18-19)24(21,22)20-9-8-17-11-15(20)14-6-4-5-7-16(14)23-2/h4-7,10,12,15,17H,3,8-9,11H2,1-2H3. The van der Waals surface area contributed by atoms with Gasteiger partial charge in [-0.05, 0) is 13.0 Å². The number of methoxy groups -OCH3 is 1. The summed E-state index contributed by atoms with van der Waals surface area (Å²) in [5.74, 6) is 0.690. The van der Waals surface area contributed by atoms with Crippen molar-refractivity contribution >= 4 is 10.0 Å². The number of piperazine rings is 1. The van der Waals surface area contributed by atoms with Crippen LogP contribution in [-0.4, -0.2) is 49.2 Å². The van der Waals surface area contributed by atoms with Crippen molar-refractivity contribution in [2.75, 3.05) is 26.7 Å². The van der Waals surface area contributed by atoms with Crippen LogP contribution in [0.15, 0.2) is 41.6 Å². The lowest BCUT2D eigenvalue weighted by Gasteiger charge is -2.35. The predicted molar refractivity (Wildman–Crippen MR) is 90.4 cm³/mol. The first-order chi connectivity index (χ1) is 11.6. The van der Waals surface area contributed by atoms with Gasteiger partial charge in [-0.3, -0.25) is 4.68 Å². The Morgan fingerprint density at radius 2 is 2.17 bits per heavy atom. The fraction of sp³-hybridized carbons (Fsp3) is 0.438. The number of nitrogens with one attached hydrogen (secondary N) is 1. The van der Waals surface area contributed by atoms with E-state index in [1.807, 2.05) is 31.2 Å². The van der Waals surface area contributed by atoms with Crippen LogP contribution in [-0.2, 0) is 16.6 Å².